The first-order valence-electron chi connectivity index (χ1n) is 8.44. The van der Waals surface area contributed by atoms with Gasteiger partial charge < -0.3 is 15.4 Å². The molecule has 132 valence electrons. The number of rotatable bonds is 8. The molecular weight excluding hydrogens is 292 g/mol. The van der Waals surface area contributed by atoms with Gasteiger partial charge in [0.2, 0.25) is 0 Å². The smallest absolute Gasteiger partial charge is 0.407 e. The highest BCUT2D eigenvalue weighted by atomic mass is 16.6. The van der Waals surface area contributed by atoms with Gasteiger partial charge in [-0.15, -0.1) is 0 Å². The van der Waals surface area contributed by atoms with Gasteiger partial charge in [-0.05, 0) is 41.0 Å². The molecule has 0 aliphatic heterocycles. The number of carbonyl (C=O) groups is 1. The SMILES string of the molecule is CCCC(CNC(=O)OC(C)(C)C)NCc1cnn(C(C)C)c1. The Bertz CT molecular complexity index is 477. The summed E-state index contributed by atoms with van der Waals surface area (Å²) in [5, 5.41) is 10.7. The molecule has 6 heteroatoms. The lowest BCUT2D eigenvalue weighted by Crippen LogP contribution is -2.42. The third-order valence-electron chi connectivity index (χ3n) is 3.31. The predicted octanol–water partition coefficient (Wildman–Crippen LogP) is 3.25. The first-order valence-corrected chi connectivity index (χ1v) is 8.44. The Balaban J connectivity index is 2.43. The molecule has 1 aromatic heterocycles. The fourth-order valence-corrected chi connectivity index (χ4v) is 2.16. The molecule has 0 saturated heterocycles. The number of nitrogens with zero attached hydrogens (tertiary/aromatic N) is 2. The Hall–Kier alpha value is -1.56. The van der Waals surface area contributed by atoms with Crippen molar-refractivity contribution in [3.8, 4) is 0 Å². The molecule has 0 fully saturated rings. The van der Waals surface area contributed by atoms with Crippen molar-refractivity contribution in [1.82, 2.24) is 20.4 Å². The number of hydrogen-bond donors (Lipinski definition) is 2. The Kier molecular flexibility index (Phi) is 7.55. The zero-order valence-corrected chi connectivity index (χ0v) is 15.3. The van der Waals surface area contributed by atoms with Crippen LogP contribution >= 0.6 is 0 Å². The molecule has 0 saturated carbocycles. The predicted molar refractivity (Wildman–Crippen MR) is 92.4 cm³/mol. The van der Waals surface area contributed by atoms with E-state index in [-0.39, 0.29) is 12.1 Å². The van der Waals surface area contributed by atoms with Gasteiger partial charge in [0.15, 0.2) is 0 Å². The minimum atomic E-state index is -0.469. The van der Waals surface area contributed by atoms with E-state index in [0.29, 0.717) is 12.6 Å². The fourth-order valence-electron chi connectivity index (χ4n) is 2.16. The number of nitrogens with one attached hydrogen (secondary N) is 2. The molecule has 0 radical (unpaired) electrons. The molecule has 23 heavy (non-hydrogen) atoms. The fraction of sp³-hybridized carbons (Fsp3) is 0.765. The van der Waals surface area contributed by atoms with Crippen molar-refractivity contribution in [2.75, 3.05) is 6.54 Å². The first-order chi connectivity index (χ1) is 10.7. The number of alkyl carbamates (subject to hydrolysis) is 1. The van der Waals surface area contributed by atoms with Crippen LogP contribution < -0.4 is 10.6 Å². The van der Waals surface area contributed by atoms with E-state index in [9.17, 15) is 4.79 Å². The van der Waals surface area contributed by atoms with Crippen LogP contribution in [0.5, 0.6) is 0 Å². The van der Waals surface area contributed by atoms with Crippen molar-refractivity contribution >= 4 is 6.09 Å². The second kappa shape index (κ2) is 8.91. The quantitative estimate of drug-likeness (QED) is 0.770. The van der Waals surface area contributed by atoms with E-state index < -0.39 is 5.60 Å². The standard InChI is InChI=1S/C17H32N4O2/c1-7-8-15(11-19-16(22)23-17(4,5)6)18-9-14-10-20-21(12-14)13(2)3/h10,12-13,15,18H,7-9,11H2,1-6H3,(H,19,22). The van der Waals surface area contributed by atoms with E-state index in [1.165, 1.54) is 0 Å². The monoisotopic (exact) mass is 324 g/mol. The lowest BCUT2D eigenvalue weighted by molar-refractivity contribution is 0.0521. The highest BCUT2D eigenvalue weighted by Crippen LogP contribution is 2.08. The van der Waals surface area contributed by atoms with Crippen LogP contribution in [0.4, 0.5) is 4.79 Å². The van der Waals surface area contributed by atoms with Gasteiger partial charge in [-0.2, -0.15) is 5.10 Å². The zero-order chi connectivity index (χ0) is 17.5. The van der Waals surface area contributed by atoms with Crippen LogP contribution in [0.25, 0.3) is 0 Å². The molecule has 1 aromatic rings. The number of amides is 1. The molecule has 1 amide bonds. The summed E-state index contributed by atoms with van der Waals surface area (Å²) >= 11 is 0. The topological polar surface area (TPSA) is 68.2 Å². The maximum atomic E-state index is 11.7. The second-order valence-electron chi connectivity index (χ2n) is 7.17. The molecular formula is C17H32N4O2. The van der Waals surface area contributed by atoms with Crippen molar-refractivity contribution in [3.63, 3.8) is 0 Å². The molecule has 0 aliphatic carbocycles. The average molecular weight is 324 g/mol. The lowest BCUT2D eigenvalue weighted by Gasteiger charge is -2.22. The molecule has 1 heterocycles. The summed E-state index contributed by atoms with van der Waals surface area (Å²) in [5.41, 5.74) is 0.681. The summed E-state index contributed by atoms with van der Waals surface area (Å²) in [7, 11) is 0. The minimum absolute atomic E-state index is 0.218. The summed E-state index contributed by atoms with van der Waals surface area (Å²) in [5.74, 6) is 0. The molecule has 0 aromatic carbocycles. The Morgan fingerprint density at radius 3 is 2.61 bits per heavy atom. The van der Waals surface area contributed by atoms with E-state index in [4.69, 9.17) is 4.74 Å². The van der Waals surface area contributed by atoms with Gasteiger partial charge in [-0.3, -0.25) is 4.68 Å². The summed E-state index contributed by atoms with van der Waals surface area (Å²) in [4.78, 5) is 11.7. The van der Waals surface area contributed by atoms with Crippen LogP contribution in [0.3, 0.4) is 0 Å². The van der Waals surface area contributed by atoms with E-state index in [1.54, 1.807) is 0 Å². The van der Waals surface area contributed by atoms with Crippen LogP contribution in [-0.2, 0) is 11.3 Å². The van der Waals surface area contributed by atoms with Crippen LogP contribution in [0.1, 0.15) is 66.0 Å². The van der Waals surface area contributed by atoms with Crippen molar-refractivity contribution in [2.24, 2.45) is 0 Å². The van der Waals surface area contributed by atoms with Crippen LogP contribution in [0.15, 0.2) is 12.4 Å². The van der Waals surface area contributed by atoms with E-state index in [1.807, 2.05) is 31.6 Å². The van der Waals surface area contributed by atoms with Crippen LogP contribution in [0.2, 0.25) is 0 Å². The number of aromatic nitrogens is 2. The minimum Gasteiger partial charge on any atom is -0.444 e. The average Bonchev–Trinajstić information content (AvgIpc) is 2.89. The van der Waals surface area contributed by atoms with E-state index in [2.05, 4.69) is 42.7 Å². The molecule has 2 N–H and O–H groups in total. The van der Waals surface area contributed by atoms with E-state index >= 15 is 0 Å². The van der Waals surface area contributed by atoms with Gasteiger partial charge in [0.1, 0.15) is 5.60 Å². The van der Waals surface area contributed by atoms with E-state index in [0.717, 1.165) is 24.9 Å². The maximum absolute atomic E-state index is 11.7. The summed E-state index contributed by atoms with van der Waals surface area (Å²) in [6.07, 6.45) is 5.62. The summed E-state index contributed by atoms with van der Waals surface area (Å²) in [6, 6.07) is 0.582. The maximum Gasteiger partial charge on any atom is 0.407 e. The van der Waals surface area contributed by atoms with Gasteiger partial charge >= 0.3 is 6.09 Å². The highest BCUT2D eigenvalue weighted by molar-refractivity contribution is 5.67. The van der Waals surface area contributed by atoms with Gasteiger partial charge in [0, 0.05) is 36.9 Å². The normalized spacial score (nSPS) is 13.2. The number of ether oxygens (including phenoxy) is 1. The molecule has 0 bridgehead atoms. The lowest BCUT2D eigenvalue weighted by atomic mass is 10.1. The second-order valence-corrected chi connectivity index (χ2v) is 7.17. The van der Waals surface area contributed by atoms with Crippen molar-refractivity contribution in [1.29, 1.82) is 0 Å². The molecule has 0 spiro atoms. The van der Waals surface area contributed by atoms with Gasteiger partial charge in [0.05, 0.1) is 6.20 Å². The first kappa shape index (κ1) is 19.5. The van der Waals surface area contributed by atoms with Crippen LogP contribution in [-0.4, -0.2) is 34.1 Å². The number of carbonyl (C=O) groups excluding carboxylic acids is 1. The van der Waals surface area contributed by atoms with Gasteiger partial charge in [0.25, 0.3) is 0 Å². The van der Waals surface area contributed by atoms with Crippen molar-refractivity contribution < 1.29 is 9.53 Å². The molecule has 1 rings (SSSR count). The molecule has 1 atom stereocenters. The Morgan fingerprint density at radius 2 is 2.09 bits per heavy atom. The zero-order valence-electron chi connectivity index (χ0n) is 15.3. The Labute approximate surface area is 140 Å². The largest absolute Gasteiger partial charge is 0.444 e. The molecule has 0 aliphatic rings. The van der Waals surface area contributed by atoms with Crippen LogP contribution in [0, 0.1) is 0 Å². The van der Waals surface area contributed by atoms with Gasteiger partial charge in [-0.25, -0.2) is 4.79 Å². The van der Waals surface area contributed by atoms with Gasteiger partial charge in [-0.1, -0.05) is 13.3 Å². The third-order valence-corrected chi connectivity index (χ3v) is 3.31. The van der Waals surface area contributed by atoms with Crippen molar-refractivity contribution in [2.45, 2.75) is 78.6 Å². The third kappa shape index (κ3) is 8.02. The Morgan fingerprint density at radius 1 is 1.39 bits per heavy atom. The van der Waals surface area contributed by atoms with Crippen molar-refractivity contribution in [3.05, 3.63) is 18.0 Å². The highest BCUT2D eigenvalue weighted by Gasteiger charge is 2.17. The summed E-state index contributed by atoms with van der Waals surface area (Å²) < 4.78 is 7.22. The summed E-state index contributed by atoms with van der Waals surface area (Å²) in [6.45, 7) is 13.2. The molecule has 1 unspecified atom stereocenters. The molecule has 6 nitrogen and oxygen atoms in total. The number of hydrogen-bond acceptors (Lipinski definition) is 4.